The summed E-state index contributed by atoms with van der Waals surface area (Å²) >= 11 is 0. The Morgan fingerprint density at radius 1 is 0.667 bits per heavy atom. The van der Waals surface area contributed by atoms with Crippen molar-refractivity contribution in [1.82, 2.24) is 0 Å². The average molecular weight is 494 g/mol. The first-order valence-electron chi connectivity index (χ1n) is 6.14. The van der Waals surface area contributed by atoms with E-state index in [0.717, 1.165) is 0 Å². The van der Waals surface area contributed by atoms with Crippen LogP contribution in [0.3, 0.4) is 0 Å². The molecule has 0 N–H and O–H groups in total. The first-order valence-corrected chi connectivity index (χ1v) is 6.14. The van der Waals surface area contributed by atoms with E-state index >= 15 is 0 Å². The SMILES string of the molecule is C=C(F)OC(F)(F)C(F)(OC(F)(F)C(F)OC(F)(F)C(F)(F)C(F)(F)F)C(F)(F)F. The van der Waals surface area contributed by atoms with Gasteiger partial charge >= 0.3 is 42.5 Å². The van der Waals surface area contributed by atoms with E-state index in [2.05, 4.69) is 4.74 Å². The maximum absolute atomic E-state index is 13.5. The van der Waals surface area contributed by atoms with Gasteiger partial charge < -0.3 is 4.74 Å². The van der Waals surface area contributed by atoms with Gasteiger partial charge in [0.05, 0.1) is 0 Å². The summed E-state index contributed by atoms with van der Waals surface area (Å²) in [5, 5.41) is 0. The molecule has 0 amide bonds. The molecule has 3 nitrogen and oxygen atoms in total. The predicted molar refractivity (Wildman–Crippen MR) is 54.1 cm³/mol. The van der Waals surface area contributed by atoms with Gasteiger partial charge in [0.15, 0.2) is 0 Å². The van der Waals surface area contributed by atoms with E-state index in [9.17, 15) is 74.6 Å². The topological polar surface area (TPSA) is 27.7 Å². The number of halogens is 17. The van der Waals surface area contributed by atoms with Gasteiger partial charge in [-0.15, -0.1) is 0 Å². The van der Waals surface area contributed by atoms with Crippen LogP contribution < -0.4 is 0 Å². The van der Waals surface area contributed by atoms with E-state index in [-0.39, 0.29) is 0 Å². The third-order valence-corrected chi connectivity index (χ3v) is 2.49. The van der Waals surface area contributed by atoms with E-state index < -0.39 is 54.8 Å². The van der Waals surface area contributed by atoms with Crippen LogP contribution in [0.2, 0.25) is 0 Å². The summed E-state index contributed by atoms with van der Waals surface area (Å²) in [6, 6.07) is -2.98. The molecule has 30 heavy (non-hydrogen) atoms. The van der Waals surface area contributed by atoms with Crippen molar-refractivity contribution in [2.24, 2.45) is 0 Å². The lowest BCUT2D eigenvalue weighted by Gasteiger charge is -2.36. The summed E-state index contributed by atoms with van der Waals surface area (Å²) in [5.74, 6) is -14.8. The molecule has 0 aromatic heterocycles. The molecular weight excluding hydrogens is 491 g/mol. The highest BCUT2D eigenvalue weighted by atomic mass is 19.4. The molecule has 2 atom stereocenters. The van der Waals surface area contributed by atoms with Gasteiger partial charge in [-0.1, -0.05) is 0 Å². The highest BCUT2D eigenvalue weighted by Gasteiger charge is 2.80. The molecule has 0 heterocycles. The van der Waals surface area contributed by atoms with Gasteiger partial charge in [0.25, 0.3) is 12.4 Å². The fourth-order valence-corrected chi connectivity index (χ4v) is 1.16. The zero-order chi connectivity index (χ0) is 24.8. The Morgan fingerprint density at radius 2 is 1.07 bits per heavy atom. The van der Waals surface area contributed by atoms with Crippen molar-refractivity contribution in [1.29, 1.82) is 0 Å². The smallest absolute Gasteiger partial charge is 0.402 e. The predicted octanol–water partition coefficient (Wildman–Crippen LogP) is 5.98. The van der Waals surface area contributed by atoms with Crippen LogP contribution in [0.1, 0.15) is 0 Å². The Kier molecular flexibility index (Phi) is 7.31. The maximum atomic E-state index is 13.5. The van der Waals surface area contributed by atoms with Gasteiger partial charge in [-0.2, -0.15) is 70.2 Å². The van der Waals surface area contributed by atoms with Gasteiger partial charge in [0, 0.05) is 0 Å². The van der Waals surface area contributed by atoms with Crippen molar-refractivity contribution in [3.05, 3.63) is 12.6 Å². The molecule has 0 saturated carbocycles. The second-order valence-corrected chi connectivity index (χ2v) is 4.75. The minimum absolute atomic E-state index is 1.69. The van der Waals surface area contributed by atoms with Crippen molar-refractivity contribution < 1.29 is 88.8 Å². The Labute approximate surface area is 151 Å². The molecule has 20 heteroatoms. The van der Waals surface area contributed by atoms with Crippen molar-refractivity contribution in [2.75, 3.05) is 0 Å². The Bertz CT molecular complexity index is 622. The fourth-order valence-electron chi connectivity index (χ4n) is 1.16. The van der Waals surface area contributed by atoms with Crippen LogP contribution >= 0.6 is 0 Å². The third kappa shape index (κ3) is 5.30. The molecule has 0 fully saturated rings. The minimum atomic E-state index is -7.46. The lowest BCUT2D eigenvalue weighted by Crippen LogP contribution is -2.63. The molecule has 0 aliphatic rings. The van der Waals surface area contributed by atoms with Gasteiger partial charge in [-0.3, -0.25) is 9.47 Å². The van der Waals surface area contributed by atoms with Crippen LogP contribution in [-0.2, 0) is 14.2 Å². The van der Waals surface area contributed by atoms with Crippen molar-refractivity contribution in [3.63, 3.8) is 0 Å². The lowest BCUT2D eigenvalue weighted by atomic mass is 10.2. The zero-order valence-electron chi connectivity index (χ0n) is 12.9. The van der Waals surface area contributed by atoms with Crippen LogP contribution in [-0.4, -0.2) is 48.8 Å². The summed E-state index contributed by atoms with van der Waals surface area (Å²) in [7, 11) is 0. The number of rotatable bonds is 9. The van der Waals surface area contributed by atoms with Gasteiger partial charge in [-0.05, 0) is 6.58 Å². The summed E-state index contributed by atoms with van der Waals surface area (Å²) in [6.07, 6.45) is -41.9. The normalized spacial score (nSPS) is 18.0. The van der Waals surface area contributed by atoms with E-state index in [1.807, 2.05) is 0 Å². The third-order valence-electron chi connectivity index (χ3n) is 2.49. The summed E-state index contributed by atoms with van der Waals surface area (Å²) in [4.78, 5) is 0. The van der Waals surface area contributed by atoms with Crippen molar-refractivity contribution in [3.8, 4) is 0 Å². The highest BCUT2D eigenvalue weighted by molar-refractivity contribution is 4.91. The Morgan fingerprint density at radius 3 is 1.37 bits per heavy atom. The molecule has 0 aromatic rings. The zero-order valence-corrected chi connectivity index (χ0v) is 12.9. The fraction of sp³-hybridized carbons (Fsp3) is 0.800. The molecule has 0 bridgehead atoms. The molecule has 0 aliphatic carbocycles. The molecule has 0 aliphatic heterocycles. The highest BCUT2D eigenvalue weighted by Crippen LogP contribution is 2.52. The largest absolute Gasteiger partial charge is 0.471 e. The molecule has 2 unspecified atom stereocenters. The number of ether oxygens (including phenoxy) is 3. The van der Waals surface area contributed by atoms with Gasteiger partial charge in [0.2, 0.25) is 0 Å². The van der Waals surface area contributed by atoms with Crippen LogP contribution in [0.15, 0.2) is 12.6 Å². The summed E-state index contributed by atoms with van der Waals surface area (Å²) in [6.45, 7) is 1.73. The van der Waals surface area contributed by atoms with Crippen LogP contribution in [0, 0.1) is 0 Å². The second-order valence-electron chi connectivity index (χ2n) is 4.75. The van der Waals surface area contributed by atoms with E-state index in [1.165, 1.54) is 0 Å². The first-order chi connectivity index (χ1) is 12.8. The number of hydrogen-bond acceptors (Lipinski definition) is 3. The van der Waals surface area contributed by atoms with Crippen LogP contribution in [0.25, 0.3) is 0 Å². The molecule has 0 aromatic carbocycles. The molecule has 0 radical (unpaired) electrons. The minimum Gasteiger partial charge on any atom is -0.402 e. The quantitative estimate of drug-likeness (QED) is 0.292. The van der Waals surface area contributed by atoms with Crippen LogP contribution in [0.5, 0.6) is 0 Å². The van der Waals surface area contributed by atoms with E-state index in [4.69, 9.17) is 0 Å². The van der Waals surface area contributed by atoms with Gasteiger partial charge in [-0.25, -0.2) is 4.39 Å². The molecule has 180 valence electrons. The Hall–Kier alpha value is -1.73. The first kappa shape index (κ1) is 28.3. The summed E-state index contributed by atoms with van der Waals surface area (Å²) < 4.78 is 219. The van der Waals surface area contributed by atoms with Crippen LogP contribution in [0.4, 0.5) is 74.6 Å². The lowest BCUT2D eigenvalue weighted by molar-refractivity contribution is -0.525. The standard InChI is InChI=1S/C10H3F17O3/c1-2(11)28-10(26,27)6(17,8(21,22)23)30-4(13,14)3(12)29-9(24,25)5(15,16)7(18,19)20/h3H,1H2. The average Bonchev–Trinajstić information content (AvgIpc) is 2.41. The maximum Gasteiger partial charge on any atom is 0.471 e. The van der Waals surface area contributed by atoms with E-state index in [1.54, 1.807) is 16.1 Å². The summed E-state index contributed by atoms with van der Waals surface area (Å²) in [5.41, 5.74) is 0. The molecular formula is C10H3F17O3. The Balaban J connectivity index is 6.03. The molecule has 0 spiro atoms. The van der Waals surface area contributed by atoms with Crippen molar-refractivity contribution >= 4 is 0 Å². The van der Waals surface area contributed by atoms with Gasteiger partial charge in [0.1, 0.15) is 0 Å². The van der Waals surface area contributed by atoms with E-state index in [0.29, 0.717) is 0 Å². The monoisotopic (exact) mass is 494 g/mol. The number of hydrogen-bond donors (Lipinski definition) is 0. The van der Waals surface area contributed by atoms with Crippen molar-refractivity contribution in [2.45, 2.75) is 48.8 Å². The number of alkyl halides is 16. The second kappa shape index (κ2) is 7.75. The molecule has 0 rings (SSSR count). The molecule has 0 saturated heterocycles.